The summed E-state index contributed by atoms with van der Waals surface area (Å²) in [4.78, 5) is 0. The summed E-state index contributed by atoms with van der Waals surface area (Å²) in [5.74, 6) is -1.74. The van der Waals surface area contributed by atoms with Crippen LogP contribution in [0, 0.1) is 11.6 Å². The van der Waals surface area contributed by atoms with Gasteiger partial charge in [0.25, 0.3) is 0 Å². The topological polar surface area (TPSA) is 9.23 Å². The lowest BCUT2D eigenvalue weighted by molar-refractivity contribution is 0.304. The Morgan fingerprint density at radius 3 is 2.27 bits per heavy atom. The Kier molecular flexibility index (Phi) is 3.32. The lowest BCUT2D eigenvalue weighted by Gasteiger charge is -2.22. The van der Waals surface area contributed by atoms with Crippen molar-refractivity contribution in [1.82, 2.24) is 0 Å². The monoisotopic (exact) mass is 214 g/mol. The van der Waals surface area contributed by atoms with E-state index in [1.165, 1.54) is 0 Å². The predicted molar refractivity (Wildman–Crippen MR) is 56.2 cm³/mol. The second-order valence-corrected chi connectivity index (χ2v) is 4.42. The molecule has 0 N–H and O–H groups in total. The van der Waals surface area contributed by atoms with Gasteiger partial charge in [0.2, 0.25) is 5.82 Å². The van der Waals surface area contributed by atoms with Crippen LogP contribution in [0.5, 0.6) is 5.75 Å². The second-order valence-electron chi connectivity index (χ2n) is 4.42. The van der Waals surface area contributed by atoms with Crippen molar-refractivity contribution in [3.63, 3.8) is 0 Å². The number of rotatable bonds is 2. The number of hydrogen-bond acceptors (Lipinski definition) is 1. The normalized spacial score (nSPS) is 11.6. The molecule has 1 aromatic rings. The molecular weight excluding hydrogens is 198 g/mol. The van der Waals surface area contributed by atoms with Crippen molar-refractivity contribution < 1.29 is 13.5 Å². The molecule has 0 spiro atoms. The van der Waals surface area contributed by atoms with Crippen LogP contribution in [0.4, 0.5) is 8.78 Å². The van der Waals surface area contributed by atoms with Crippen LogP contribution in [0.1, 0.15) is 33.3 Å². The van der Waals surface area contributed by atoms with Crippen LogP contribution in [-0.4, -0.2) is 6.61 Å². The SMILES string of the molecule is CCOc1c(C(C)(C)C)ccc(F)c1F. The summed E-state index contributed by atoms with van der Waals surface area (Å²) in [5.41, 5.74) is 0.419. The molecule has 3 heteroatoms. The summed E-state index contributed by atoms with van der Waals surface area (Å²) in [6, 6.07) is 2.71. The van der Waals surface area contributed by atoms with E-state index in [1.54, 1.807) is 13.0 Å². The molecule has 1 aromatic carbocycles. The number of hydrogen-bond donors (Lipinski definition) is 0. The highest BCUT2D eigenvalue weighted by atomic mass is 19.2. The molecule has 0 saturated carbocycles. The Hall–Kier alpha value is -1.12. The molecule has 0 bridgehead atoms. The molecule has 0 aliphatic rings. The van der Waals surface area contributed by atoms with Crippen LogP contribution in [0.2, 0.25) is 0 Å². The minimum absolute atomic E-state index is 0.0324. The molecule has 15 heavy (non-hydrogen) atoms. The zero-order valence-corrected chi connectivity index (χ0v) is 9.53. The van der Waals surface area contributed by atoms with Gasteiger partial charge in [0.1, 0.15) is 0 Å². The summed E-state index contributed by atoms with van der Waals surface area (Å²) in [7, 11) is 0. The van der Waals surface area contributed by atoms with Gasteiger partial charge in [0.05, 0.1) is 6.61 Å². The molecular formula is C12H16F2O. The molecule has 0 aliphatic heterocycles. The molecule has 0 fully saturated rings. The van der Waals surface area contributed by atoms with Gasteiger partial charge in [-0.3, -0.25) is 0 Å². The zero-order chi connectivity index (χ0) is 11.6. The lowest BCUT2D eigenvalue weighted by Crippen LogP contribution is -2.15. The number of ether oxygens (including phenoxy) is 1. The Labute approximate surface area is 89.1 Å². The first-order valence-electron chi connectivity index (χ1n) is 4.99. The van der Waals surface area contributed by atoms with Gasteiger partial charge in [-0.15, -0.1) is 0 Å². The maximum atomic E-state index is 13.5. The van der Waals surface area contributed by atoms with Crippen molar-refractivity contribution in [3.8, 4) is 5.75 Å². The van der Waals surface area contributed by atoms with Crippen LogP contribution >= 0.6 is 0 Å². The number of halogens is 2. The Bertz CT molecular complexity index is 353. The van der Waals surface area contributed by atoms with E-state index in [-0.39, 0.29) is 11.2 Å². The van der Waals surface area contributed by atoms with Gasteiger partial charge in [0, 0.05) is 5.56 Å². The van der Waals surface area contributed by atoms with Crippen LogP contribution < -0.4 is 4.74 Å². The fourth-order valence-corrected chi connectivity index (χ4v) is 1.41. The molecule has 1 nitrogen and oxygen atoms in total. The summed E-state index contributed by atoms with van der Waals surface area (Å²) in [5, 5.41) is 0. The van der Waals surface area contributed by atoms with E-state index in [0.29, 0.717) is 12.2 Å². The lowest BCUT2D eigenvalue weighted by atomic mass is 9.86. The van der Waals surface area contributed by atoms with E-state index in [4.69, 9.17) is 4.74 Å². The van der Waals surface area contributed by atoms with Crippen molar-refractivity contribution in [3.05, 3.63) is 29.3 Å². The molecule has 84 valence electrons. The smallest absolute Gasteiger partial charge is 0.200 e. The molecule has 0 unspecified atom stereocenters. The average Bonchev–Trinajstić information content (AvgIpc) is 2.11. The number of benzene rings is 1. The Morgan fingerprint density at radius 1 is 1.20 bits per heavy atom. The van der Waals surface area contributed by atoms with Crippen molar-refractivity contribution in [2.75, 3.05) is 6.61 Å². The fourth-order valence-electron chi connectivity index (χ4n) is 1.41. The molecule has 0 atom stereocenters. The van der Waals surface area contributed by atoms with Gasteiger partial charge in [0.15, 0.2) is 11.6 Å². The molecule has 0 aromatic heterocycles. The van der Waals surface area contributed by atoms with Crippen LogP contribution in [0.3, 0.4) is 0 Å². The van der Waals surface area contributed by atoms with Crippen molar-refractivity contribution in [2.24, 2.45) is 0 Å². The van der Waals surface area contributed by atoms with Gasteiger partial charge in [-0.25, -0.2) is 4.39 Å². The van der Waals surface area contributed by atoms with E-state index in [1.807, 2.05) is 20.8 Å². The van der Waals surface area contributed by atoms with E-state index in [2.05, 4.69) is 0 Å². The van der Waals surface area contributed by atoms with Crippen LogP contribution in [0.15, 0.2) is 12.1 Å². The van der Waals surface area contributed by atoms with E-state index in [0.717, 1.165) is 6.07 Å². The summed E-state index contributed by atoms with van der Waals surface area (Å²) in [6.07, 6.45) is 0. The third kappa shape index (κ3) is 2.46. The first-order valence-corrected chi connectivity index (χ1v) is 4.99. The minimum Gasteiger partial charge on any atom is -0.490 e. The van der Waals surface area contributed by atoms with Crippen molar-refractivity contribution in [2.45, 2.75) is 33.1 Å². The second kappa shape index (κ2) is 4.17. The molecule has 0 heterocycles. The Morgan fingerprint density at radius 2 is 1.80 bits per heavy atom. The van der Waals surface area contributed by atoms with Crippen molar-refractivity contribution in [1.29, 1.82) is 0 Å². The third-order valence-electron chi connectivity index (χ3n) is 2.15. The average molecular weight is 214 g/mol. The van der Waals surface area contributed by atoms with Gasteiger partial charge in [-0.05, 0) is 18.4 Å². The maximum absolute atomic E-state index is 13.5. The first kappa shape index (κ1) is 12.0. The largest absolute Gasteiger partial charge is 0.490 e. The fraction of sp³-hybridized carbons (Fsp3) is 0.500. The quantitative estimate of drug-likeness (QED) is 0.730. The highest BCUT2D eigenvalue weighted by molar-refractivity contribution is 5.40. The summed E-state index contributed by atoms with van der Waals surface area (Å²) in [6.45, 7) is 7.87. The van der Waals surface area contributed by atoms with E-state index in [9.17, 15) is 8.78 Å². The Balaban J connectivity index is 3.33. The predicted octanol–water partition coefficient (Wildman–Crippen LogP) is 3.66. The molecule has 1 rings (SSSR count). The molecule has 0 saturated heterocycles. The molecule has 0 amide bonds. The van der Waals surface area contributed by atoms with Crippen LogP contribution in [-0.2, 0) is 5.41 Å². The summed E-state index contributed by atoms with van der Waals surface area (Å²) >= 11 is 0. The first-order chi connectivity index (χ1) is 6.88. The molecule has 0 radical (unpaired) electrons. The van der Waals surface area contributed by atoms with E-state index >= 15 is 0 Å². The highest BCUT2D eigenvalue weighted by Crippen LogP contribution is 2.34. The van der Waals surface area contributed by atoms with E-state index < -0.39 is 11.6 Å². The van der Waals surface area contributed by atoms with Gasteiger partial charge < -0.3 is 4.74 Å². The van der Waals surface area contributed by atoms with Gasteiger partial charge in [-0.1, -0.05) is 26.8 Å². The van der Waals surface area contributed by atoms with Gasteiger partial charge in [-0.2, -0.15) is 4.39 Å². The minimum atomic E-state index is -0.899. The highest BCUT2D eigenvalue weighted by Gasteiger charge is 2.23. The zero-order valence-electron chi connectivity index (χ0n) is 9.53. The standard InChI is InChI=1S/C12H16F2O/c1-5-15-11-8(12(2,3)4)6-7-9(13)10(11)14/h6-7H,5H2,1-4H3. The molecule has 0 aliphatic carbocycles. The maximum Gasteiger partial charge on any atom is 0.200 e. The summed E-state index contributed by atoms with van der Waals surface area (Å²) < 4.78 is 31.7. The third-order valence-corrected chi connectivity index (χ3v) is 2.15. The van der Waals surface area contributed by atoms with Crippen molar-refractivity contribution >= 4 is 0 Å². The van der Waals surface area contributed by atoms with Gasteiger partial charge >= 0.3 is 0 Å². The van der Waals surface area contributed by atoms with Crippen LogP contribution in [0.25, 0.3) is 0 Å².